The number of hydrogen-bond acceptors (Lipinski definition) is 7. The first-order valence-electron chi connectivity index (χ1n) is 10.3. The predicted molar refractivity (Wildman–Crippen MR) is 114 cm³/mol. The van der Waals surface area contributed by atoms with E-state index in [2.05, 4.69) is 15.3 Å². The molecule has 30 heavy (non-hydrogen) atoms. The summed E-state index contributed by atoms with van der Waals surface area (Å²) >= 11 is 1.58. The van der Waals surface area contributed by atoms with Crippen LogP contribution >= 0.6 is 11.8 Å². The number of aliphatic hydroxyl groups excluding tert-OH is 1. The first-order chi connectivity index (χ1) is 14.2. The second-order valence-corrected chi connectivity index (χ2v) is 9.89. The molecule has 1 amide bonds. The number of β-lactam (4-membered cyclic amide) rings is 1. The Labute approximate surface area is 180 Å². The number of rotatable bonds is 7. The van der Waals surface area contributed by atoms with Gasteiger partial charge in [0.15, 0.2) is 0 Å². The van der Waals surface area contributed by atoms with Gasteiger partial charge < -0.3 is 25.3 Å². The number of carboxylic acids is 1. The van der Waals surface area contributed by atoms with E-state index in [0.29, 0.717) is 0 Å². The summed E-state index contributed by atoms with van der Waals surface area (Å²) in [4.78, 5) is 28.7. The van der Waals surface area contributed by atoms with Crippen LogP contribution in [-0.4, -0.2) is 80.3 Å². The summed E-state index contributed by atoms with van der Waals surface area (Å²) in [5.41, 5.74) is 0.106. The molecule has 3 N–H and O–H groups in total. The van der Waals surface area contributed by atoms with E-state index < -0.39 is 18.0 Å². The molecule has 10 heteroatoms. The zero-order valence-corrected chi connectivity index (χ0v) is 18.5. The van der Waals surface area contributed by atoms with Gasteiger partial charge in [0.25, 0.3) is 0 Å². The van der Waals surface area contributed by atoms with Crippen LogP contribution in [0, 0.1) is 11.8 Å². The molecular weight excluding hydrogens is 406 g/mol. The van der Waals surface area contributed by atoms with Crippen molar-refractivity contribution in [2.24, 2.45) is 18.9 Å². The quantitative estimate of drug-likeness (QED) is 0.530. The monoisotopic (exact) mass is 435 g/mol. The number of aromatic nitrogens is 2. The molecule has 0 aromatic carbocycles. The highest BCUT2D eigenvalue weighted by molar-refractivity contribution is 8.03. The van der Waals surface area contributed by atoms with Gasteiger partial charge in [0.05, 0.1) is 24.3 Å². The van der Waals surface area contributed by atoms with Crippen molar-refractivity contribution >= 4 is 29.5 Å². The molecule has 0 spiro atoms. The summed E-state index contributed by atoms with van der Waals surface area (Å²) in [5, 5.41) is 27.8. The van der Waals surface area contributed by atoms with Crippen LogP contribution in [0.3, 0.4) is 0 Å². The van der Waals surface area contributed by atoms with Crippen LogP contribution in [0.15, 0.2) is 22.9 Å². The molecule has 0 aliphatic carbocycles. The summed E-state index contributed by atoms with van der Waals surface area (Å²) in [6.07, 6.45) is 1.91. The second-order valence-electron chi connectivity index (χ2n) is 8.55. The Hall–Kier alpha value is -2.04. The van der Waals surface area contributed by atoms with Gasteiger partial charge in [-0.1, -0.05) is 6.92 Å². The lowest BCUT2D eigenvalue weighted by Gasteiger charge is -2.46. The van der Waals surface area contributed by atoms with Gasteiger partial charge in [-0.05, 0) is 13.3 Å². The van der Waals surface area contributed by atoms with Crippen molar-refractivity contribution in [3.8, 4) is 0 Å². The highest BCUT2D eigenvalue weighted by Gasteiger charge is 2.60. The SMILES string of the molecule is C[C@@H](O)[C@H]1C(=O)N2C(C(=O)O)=C(S[C@@H]3CN[C@H](CN(C)c4ccnn4C)C3)[C@H](C)[C@H]12. The van der Waals surface area contributed by atoms with Gasteiger partial charge in [-0.25, -0.2) is 4.79 Å². The number of fused-ring (bicyclic) bond motifs is 1. The van der Waals surface area contributed by atoms with Gasteiger partial charge in [-0.15, -0.1) is 11.8 Å². The summed E-state index contributed by atoms with van der Waals surface area (Å²) in [7, 11) is 3.95. The van der Waals surface area contributed by atoms with E-state index in [1.165, 1.54) is 4.90 Å². The van der Waals surface area contributed by atoms with Crippen molar-refractivity contribution in [3.05, 3.63) is 22.9 Å². The van der Waals surface area contributed by atoms with E-state index in [1.54, 1.807) is 24.9 Å². The van der Waals surface area contributed by atoms with Gasteiger partial charge in [-0.2, -0.15) is 5.10 Å². The highest BCUT2D eigenvalue weighted by atomic mass is 32.2. The molecule has 1 aromatic heterocycles. The van der Waals surface area contributed by atoms with Gasteiger partial charge in [0.1, 0.15) is 11.5 Å². The molecule has 9 nitrogen and oxygen atoms in total. The van der Waals surface area contributed by atoms with E-state index in [-0.39, 0.29) is 34.9 Å². The average Bonchev–Trinajstić information content (AvgIpc) is 3.34. The Morgan fingerprint density at radius 1 is 1.50 bits per heavy atom. The molecule has 4 heterocycles. The lowest BCUT2D eigenvalue weighted by Crippen LogP contribution is -2.63. The number of aryl methyl sites for hydroxylation is 1. The molecule has 0 bridgehead atoms. The fraction of sp³-hybridized carbons (Fsp3) is 0.650. The minimum atomic E-state index is -1.07. The lowest BCUT2D eigenvalue weighted by atomic mass is 9.79. The predicted octanol–water partition coefficient (Wildman–Crippen LogP) is 0.474. The smallest absolute Gasteiger partial charge is 0.353 e. The molecule has 164 valence electrons. The van der Waals surface area contributed by atoms with Crippen molar-refractivity contribution < 1.29 is 19.8 Å². The average molecular weight is 436 g/mol. The van der Waals surface area contributed by atoms with E-state index >= 15 is 0 Å². The highest BCUT2D eigenvalue weighted by Crippen LogP contribution is 2.51. The van der Waals surface area contributed by atoms with Crippen molar-refractivity contribution in [2.45, 2.75) is 43.7 Å². The Morgan fingerprint density at radius 2 is 2.23 bits per heavy atom. The molecule has 3 aliphatic heterocycles. The Kier molecular flexibility index (Phi) is 5.58. The number of nitrogens with one attached hydrogen (secondary N) is 1. The van der Waals surface area contributed by atoms with Crippen molar-refractivity contribution in [1.82, 2.24) is 20.0 Å². The van der Waals surface area contributed by atoms with Crippen LogP contribution in [0.4, 0.5) is 5.82 Å². The molecule has 0 unspecified atom stereocenters. The number of likely N-dealkylation sites (N-methyl/N-ethyl adjacent to an activating group) is 1. The number of aliphatic carboxylic acids is 1. The van der Waals surface area contributed by atoms with Crippen LogP contribution in [0.2, 0.25) is 0 Å². The maximum absolute atomic E-state index is 12.5. The molecule has 2 saturated heterocycles. The number of aliphatic hydroxyl groups is 1. The van der Waals surface area contributed by atoms with Crippen molar-refractivity contribution in [1.29, 1.82) is 0 Å². The fourth-order valence-corrected chi connectivity index (χ4v) is 6.55. The molecule has 0 saturated carbocycles. The van der Waals surface area contributed by atoms with Gasteiger partial charge in [0.2, 0.25) is 5.91 Å². The summed E-state index contributed by atoms with van der Waals surface area (Å²) in [6, 6.07) is 2.01. The number of anilines is 1. The van der Waals surface area contributed by atoms with Crippen LogP contribution in [0.1, 0.15) is 20.3 Å². The Balaban J connectivity index is 1.43. The van der Waals surface area contributed by atoms with E-state index in [4.69, 9.17) is 0 Å². The normalized spacial score (nSPS) is 31.7. The second kappa shape index (κ2) is 7.90. The molecule has 0 radical (unpaired) electrons. The van der Waals surface area contributed by atoms with Gasteiger partial charge >= 0.3 is 5.97 Å². The minimum Gasteiger partial charge on any atom is -0.477 e. The standard InChI is InChI=1S/C20H29N5O4S/c1-10-16-15(11(2)26)19(27)25(16)17(20(28)29)18(10)30-13-7-12(21-8-13)9-23(3)14-5-6-22-24(14)4/h5-6,10-13,15-16,21,26H,7-9H2,1-4H3,(H,28,29)/t10-,11-,12+,13+,15-,16-/m1/s1. The van der Waals surface area contributed by atoms with Crippen LogP contribution in [0.5, 0.6) is 0 Å². The first-order valence-corrected chi connectivity index (χ1v) is 11.2. The van der Waals surface area contributed by atoms with Crippen molar-refractivity contribution in [2.75, 3.05) is 25.0 Å². The number of carboxylic acid groups (broad SMARTS) is 1. The molecule has 1 aromatic rings. The van der Waals surface area contributed by atoms with Gasteiger partial charge in [0, 0.05) is 55.4 Å². The first kappa shape index (κ1) is 21.2. The minimum absolute atomic E-state index is 0.0884. The molecular formula is C20H29N5O4S. The molecule has 4 rings (SSSR count). The molecule has 2 fully saturated rings. The number of hydrogen-bond donors (Lipinski definition) is 3. The zero-order chi connectivity index (χ0) is 21.7. The molecule has 3 aliphatic rings. The molecule has 6 atom stereocenters. The number of carbonyl (C=O) groups excluding carboxylic acids is 1. The van der Waals surface area contributed by atoms with Crippen LogP contribution < -0.4 is 10.2 Å². The summed E-state index contributed by atoms with van der Waals surface area (Å²) in [6.45, 7) is 5.18. The van der Waals surface area contributed by atoms with E-state index in [9.17, 15) is 19.8 Å². The number of nitrogens with zero attached hydrogens (tertiary/aromatic N) is 4. The number of thioether (sulfide) groups is 1. The summed E-state index contributed by atoms with van der Waals surface area (Å²) < 4.78 is 1.84. The van der Waals surface area contributed by atoms with E-state index in [0.717, 1.165) is 30.2 Å². The third-order valence-electron chi connectivity index (χ3n) is 6.47. The largest absolute Gasteiger partial charge is 0.477 e. The van der Waals surface area contributed by atoms with Crippen LogP contribution in [0.25, 0.3) is 0 Å². The zero-order valence-electron chi connectivity index (χ0n) is 17.6. The van der Waals surface area contributed by atoms with Crippen LogP contribution in [-0.2, 0) is 16.6 Å². The maximum atomic E-state index is 12.5. The lowest BCUT2D eigenvalue weighted by molar-refractivity contribution is -0.163. The van der Waals surface area contributed by atoms with Gasteiger partial charge in [-0.3, -0.25) is 9.48 Å². The number of carbonyl (C=O) groups is 2. The third kappa shape index (κ3) is 3.40. The topological polar surface area (TPSA) is 111 Å². The number of amides is 1. The van der Waals surface area contributed by atoms with E-state index in [1.807, 2.05) is 31.8 Å². The third-order valence-corrected chi connectivity index (χ3v) is 7.98. The van der Waals surface area contributed by atoms with Crippen molar-refractivity contribution in [3.63, 3.8) is 0 Å². The summed E-state index contributed by atoms with van der Waals surface area (Å²) in [5.74, 6) is -0.915. The Morgan fingerprint density at radius 3 is 2.83 bits per heavy atom. The Bertz CT molecular complexity index is 884. The fourth-order valence-electron chi connectivity index (χ4n) is 5.03. The maximum Gasteiger partial charge on any atom is 0.353 e.